The Balaban J connectivity index is 1.40. The summed E-state index contributed by atoms with van der Waals surface area (Å²) >= 11 is 1.46. The Kier molecular flexibility index (Phi) is 4.47. The van der Waals surface area contributed by atoms with E-state index in [4.69, 9.17) is 4.42 Å². The van der Waals surface area contributed by atoms with Gasteiger partial charge in [-0.2, -0.15) is 5.10 Å². The molecule has 0 aromatic carbocycles. The number of nitrogens with zero attached hydrogens (tertiary/aromatic N) is 4. The van der Waals surface area contributed by atoms with Crippen LogP contribution in [-0.4, -0.2) is 63.5 Å². The Morgan fingerprint density at radius 1 is 1.38 bits per heavy atom. The minimum absolute atomic E-state index is 0.140. The predicted octanol–water partition coefficient (Wildman–Crippen LogP) is 1.77. The van der Waals surface area contributed by atoms with E-state index in [1.807, 2.05) is 13.1 Å². The van der Waals surface area contributed by atoms with E-state index >= 15 is 0 Å². The van der Waals surface area contributed by atoms with Crippen LogP contribution in [0.1, 0.15) is 35.6 Å². The van der Waals surface area contributed by atoms with E-state index in [9.17, 15) is 9.59 Å². The van der Waals surface area contributed by atoms with Crippen molar-refractivity contribution >= 4 is 23.6 Å². The van der Waals surface area contributed by atoms with Crippen LogP contribution in [0.25, 0.3) is 0 Å². The van der Waals surface area contributed by atoms with Gasteiger partial charge in [0.25, 0.3) is 5.91 Å². The first-order valence-electron chi connectivity index (χ1n) is 8.69. The number of H-pyrrole nitrogens is 1. The van der Waals surface area contributed by atoms with Crippen LogP contribution in [0, 0.1) is 5.41 Å². The van der Waals surface area contributed by atoms with Crippen molar-refractivity contribution in [2.45, 2.75) is 30.2 Å². The molecule has 2 fully saturated rings. The number of amides is 2. The van der Waals surface area contributed by atoms with E-state index in [1.165, 1.54) is 18.1 Å². The Morgan fingerprint density at radius 3 is 3.08 bits per heavy atom. The highest BCUT2D eigenvalue weighted by Crippen LogP contribution is 2.40. The zero-order valence-electron chi connectivity index (χ0n) is 14.6. The van der Waals surface area contributed by atoms with Gasteiger partial charge in [-0.1, -0.05) is 11.8 Å². The third-order valence-electron chi connectivity index (χ3n) is 5.21. The van der Waals surface area contributed by atoms with Gasteiger partial charge in [-0.3, -0.25) is 14.7 Å². The number of nitrogens with one attached hydrogen (secondary N) is 1. The summed E-state index contributed by atoms with van der Waals surface area (Å²) in [6, 6.07) is 3.51. The molecule has 2 saturated heterocycles. The number of carbonyl (C=O) groups excluding carboxylic acids is 2. The quantitative estimate of drug-likeness (QED) is 0.819. The monoisotopic (exact) mass is 375 g/mol. The summed E-state index contributed by atoms with van der Waals surface area (Å²) in [6.07, 6.45) is 4.04. The summed E-state index contributed by atoms with van der Waals surface area (Å²) in [7, 11) is 1.85. The lowest BCUT2D eigenvalue weighted by atomic mass is 9.78. The van der Waals surface area contributed by atoms with Gasteiger partial charge >= 0.3 is 0 Å². The maximum Gasteiger partial charge on any atom is 0.289 e. The minimum atomic E-state index is -0.403. The van der Waals surface area contributed by atoms with Gasteiger partial charge in [0.1, 0.15) is 12.1 Å². The molecule has 8 nitrogen and oxygen atoms in total. The molecule has 1 spiro atoms. The zero-order valence-corrected chi connectivity index (χ0v) is 15.4. The van der Waals surface area contributed by atoms with Crippen molar-refractivity contribution in [3.8, 4) is 0 Å². The minimum Gasteiger partial charge on any atom is -0.455 e. The summed E-state index contributed by atoms with van der Waals surface area (Å²) in [5.41, 5.74) is -0.403. The Labute approximate surface area is 155 Å². The third kappa shape index (κ3) is 3.11. The number of aromatic nitrogens is 3. The highest BCUT2D eigenvalue weighted by atomic mass is 32.2. The SMILES string of the molecule is CN1CCC[C@]2(CCN(C(=O)c3ccc(CSc4ncn[nH]4)o3)C2)C1=O. The number of rotatable bonds is 4. The maximum absolute atomic E-state index is 12.8. The van der Waals surface area contributed by atoms with Crippen molar-refractivity contribution in [3.63, 3.8) is 0 Å². The Bertz CT molecular complexity index is 805. The summed E-state index contributed by atoms with van der Waals surface area (Å²) < 4.78 is 5.71. The lowest BCUT2D eigenvalue weighted by Gasteiger charge is -2.37. The second-order valence-corrected chi connectivity index (χ2v) is 7.90. The molecule has 9 heteroatoms. The van der Waals surface area contributed by atoms with Gasteiger partial charge in [0.15, 0.2) is 10.9 Å². The number of carbonyl (C=O) groups is 2. The number of thioether (sulfide) groups is 1. The number of aromatic amines is 1. The molecule has 2 aromatic heterocycles. The second-order valence-electron chi connectivity index (χ2n) is 6.93. The molecular formula is C17H21N5O3S. The van der Waals surface area contributed by atoms with Crippen molar-refractivity contribution in [1.29, 1.82) is 0 Å². The lowest BCUT2D eigenvalue weighted by molar-refractivity contribution is -0.143. The Hall–Kier alpha value is -2.29. The average molecular weight is 375 g/mol. The number of likely N-dealkylation sites (tertiary alicyclic amines) is 2. The second kappa shape index (κ2) is 6.79. The fourth-order valence-electron chi connectivity index (χ4n) is 3.82. The van der Waals surface area contributed by atoms with E-state index in [1.54, 1.807) is 15.9 Å². The van der Waals surface area contributed by atoms with Crippen molar-refractivity contribution < 1.29 is 14.0 Å². The van der Waals surface area contributed by atoms with Gasteiger partial charge in [0.2, 0.25) is 5.91 Å². The summed E-state index contributed by atoms with van der Waals surface area (Å²) in [4.78, 5) is 33.0. The highest BCUT2D eigenvalue weighted by molar-refractivity contribution is 7.98. The molecule has 0 bridgehead atoms. The summed E-state index contributed by atoms with van der Waals surface area (Å²) in [6.45, 7) is 1.89. The van der Waals surface area contributed by atoms with Gasteiger partial charge < -0.3 is 14.2 Å². The van der Waals surface area contributed by atoms with Crippen molar-refractivity contribution in [3.05, 3.63) is 30.0 Å². The first-order chi connectivity index (χ1) is 12.6. The molecule has 4 heterocycles. The molecule has 2 aliphatic rings. The van der Waals surface area contributed by atoms with Crippen LogP contribution in [0.2, 0.25) is 0 Å². The number of furan rings is 1. The molecule has 0 saturated carbocycles. The van der Waals surface area contributed by atoms with Crippen LogP contribution < -0.4 is 0 Å². The fraction of sp³-hybridized carbons (Fsp3) is 0.529. The first kappa shape index (κ1) is 17.1. The van der Waals surface area contributed by atoms with Gasteiger partial charge in [0, 0.05) is 26.7 Å². The molecule has 2 aromatic rings. The maximum atomic E-state index is 12.8. The molecule has 0 radical (unpaired) electrons. The van der Waals surface area contributed by atoms with E-state index in [2.05, 4.69) is 15.2 Å². The summed E-state index contributed by atoms with van der Waals surface area (Å²) in [5, 5.41) is 7.27. The zero-order chi connectivity index (χ0) is 18.1. The van der Waals surface area contributed by atoms with Crippen LogP contribution in [0.15, 0.2) is 28.0 Å². The van der Waals surface area contributed by atoms with Gasteiger partial charge in [0.05, 0.1) is 11.2 Å². The molecule has 26 heavy (non-hydrogen) atoms. The molecule has 2 aliphatic heterocycles. The standard InChI is InChI=1S/C17H21N5O3S/c1-21-7-2-5-17(15(21)24)6-8-22(10-17)14(23)13-4-3-12(25-13)9-26-16-18-11-19-20-16/h3-4,11H,2,5-10H2,1H3,(H,18,19,20)/t17-/m1/s1. The molecule has 2 amide bonds. The lowest BCUT2D eigenvalue weighted by Crippen LogP contribution is -2.48. The predicted molar refractivity (Wildman–Crippen MR) is 94.5 cm³/mol. The van der Waals surface area contributed by atoms with E-state index in [0.717, 1.165) is 25.8 Å². The number of hydrogen-bond acceptors (Lipinski definition) is 6. The molecule has 138 valence electrons. The normalized spacial score (nSPS) is 23.2. The van der Waals surface area contributed by atoms with Crippen LogP contribution in [-0.2, 0) is 10.5 Å². The number of piperidine rings is 1. The third-order valence-corrected chi connectivity index (χ3v) is 6.11. The molecule has 1 atom stereocenters. The van der Waals surface area contributed by atoms with Crippen molar-refractivity contribution in [1.82, 2.24) is 25.0 Å². The smallest absolute Gasteiger partial charge is 0.289 e. The van der Waals surface area contributed by atoms with Gasteiger partial charge in [-0.05, 0) is 31.4 Å². The fourth-order valence-corrected chi connectivity index (χ4v) is 4.49. The van der Waals surface area contributed by atoms with E-state index < -0.39 is 5.41 Å². The number of hydrogen-bond donors (Lipinski definition) is 1. The average Bonchev–Trinajstić information content (AvgIpc) is 3.38. The van der Waals surface area contributed by atoms with E-state index in [0.29, 0.717) is 35.5 Å². The van der Waals surface area contributed by atoms with Crippen molar-refractivity contribution in [2.24, 2.45) is 5.41 Å². The Morgan fingerprint density at radius 2 is 2.27 bits per heavy atom. The van der Waals surface area contributed by atoms with Gasteiger partial charge in [-0.15, -0.1) is 0 Å². The molecular weight excluding hydrogens is 354 g/mol. The van der Waals surface area contributed by atoms with Crippen LogP contribution in [0.3, 0.4) is 0 Å². The first-order valence-corrected chi connectivity index (χ1v) is 9.68. The van der Waals surface area contributed by atoms with Crippen LogP contribution >= 0.6 is 11.8 Å². The summed E-state index contributed by atoms with van der Waals surface area (Å²) in [5.74, 6) is 1.63. The van der Waals surface area contributed by atoms with Gasteiger partial charge in [-0.25, -0.2) is 4.98 Å². The van der Waals surface area contributed by atoms with Crippen LogP contribution in [0.5, 0.6) is 0 Å². The molecule has 4 rings (SSSR count). The van der Waals surface area contributed by atoms with Crippen LogP contribution in [0.4, 0.5) is 0 Å². The molecule has 1 N–H and O–H groups in total. The van der Waals surface area contributed by atoms with Crippen molar-refractivity contribution in [2.75, 3.05) is 26.7 Å². The topological polar surface area (TPSA) is 95.3 Å². The largest absolute Gasteiger partial charge is 0.455 e. The molecule has 0 unspecified atom stereocenters. The van der Waals surface area contributed by atoms with E-state index in [-0.39, 0.29) is 11.8 Å². The highest BCUT2D eigenvalue weighted by Gasteiger charge is 2.48. The molecule has 0 aliphatic carbocycles.